The van der Waals surface area contributed by atoms with Gasteiger partial charge < -0.3 is 28.8 Å². The van der Waals surface area contributed by atoms with E-state index in [1.165, 1.54) is 18.4 Å². The van der Waals surface area contributed by atoms with Gasteiger partial charge in [-0.25, -0.2) is 0 Å². The minimum absolute atomic E-state index is 0.00301. The highest BCUT2D eigenvalue weighted by Crippen LogP contribution is 2.47. The molecule has 2 unspecified atom stereocenters. The van der Waals surface area contributed by atoms with Crippen LogP contribution < -0.4 is 0 Å². The Morgan fingerprint density at radius 1 is 0.962 bits per heavy atom. The van der Waals surface area contributed by atoms with Gasteiger partial charge in [0.15, 0.2) is 5.79 Å². The molecule has 1 fully saturated rings. The molecule has 0 aromatic rings. The molecule has 0 aromatic heterocycles. The van der Waals surface area contributed by atoms with Gasteiger partial charge in [-0.2, -0.15) is 0 Å². The van der Waals surface area contributed by atoms with E-state index in [1.807, 2.05) is 0 Å². The second kappa shape index (κ2) is 19.6. The summed E-state index contributed by atoms with van der Waals surface area (Å²) in [6, 6.07) is 0. The Balaban J connectivity index is 1.90. The van der Waals surface area contributed by atoms with Crippen molar-refractivity contribution in [3.05, 3.63) is 24.0 Å². The first-order chi connectivity index (χ1) is 24.3. The quantitative estimate of drug-likeness (QED) is 0.0511. The van der Waals surface area contributed by atoms with Crippen LogP contribution in [0.25, 0.3) is 0 Å². The van der Waals surface area contributed by atoms with Gasteiger partial charge in [-0.15, -0.1) is 0 Å². The number of unbranched alkanes of at least 4 members (excludes halogenated alkanes) is 1. The van der Waals surface area contributed by atoms with Crippen molar-refractivity contribution < 1.29 is 33.6 Å². The summed E-state index contributed by atoms with van der Waals surface area (Å²) in [5.74, 6) is -0.0422. The summed E-state index contributed by atoms with van der Waals surface area (Å²) >= 11 is 0. The first-order valence-electron chi connectivity index (χ1n) is 21.1. The van der Waals surface area contributed by atoms with Crippen molar-refractivity contribution in [3.8, 4) is 0 Å². The molecule has 7 nitrogen and oxygen atoms in total. The van der Waals surface area contributed by atoms with E-state index in [4.69, 9.17) is 23.7 Å². The number of allylic oxidation sites excluding steroid dienone is 3. The van der Waals surface area contributed by atoms with Gasteiger partial charge >= 0.3 is 5.97 Å². The predicted molar refractivity (Wildman–Crippen MR) is 219 cm³/mol. The third kappa shape index (κ3) is 16.3. The van der Waals surface area contributed by atoms with Crippen LogP contribution in [0.3, 0.4) is 0 Å². The van der Waals surface area contributed by atoms with Gasteiger partial charge in [0.1, 0.15) is 6.10 Å². The predicted octanol–water partition coefficient (Wildman–Crippen LogP) is 11.8. The number of carbonyl (C=O) groups is 1. The van der Waals surface area contributed by atoms with Crippen LogP contribution in [0.2, 0.25) is 0 Å². The SMILES string of the molecule is C=C(OCCC)C(C)(C)CC1(CC(C)(C)C)OCC(C)(COCC(O)CCC2=CC(C)(C)CC(OC(=O)CCCCC(C)(CC)CC)CC2(C)C)CO1. The van der Waals surface area contributed by atoms with Crippen LogP contribution in [0.5, 0.6) is 0 Å². The van der Waals surface area contributed by atoms with Crippen LogP contribution in [0, 0.1) is 32.5 Å². The number of aliphatic hydroxyl groups is 1. The second-order valence-electron chi connectivity index (χ2n) is 20.9. The number of hydrogen-bond donors (Lipinski definition) is 1. The van der Waals surface area contributed by atoms with Crippen LogP contribution in [-0.2, 0) is 28.5 Å². The molecule has 0 amide bonds. The number of rotatable bonds is 22. The minimum atomic E-state index is -0.741. The molecule has 0 spiro atoms. The lowest BCUT2D eigenvalue weighted by atomic mass is 9.76. The zero-order valence-electron chi connectivity index (χ0n) is 37.1. The Kier molecular flexibility index (Phi) is 17.7. The lowest BCUT2D eigenvalue weighted by molar-refractivity contribution is -0.326. The Morgan fingerprint density at radius 3 is 2.15 bits per heavy atom. The van der Waals surface area contributed by atoms with Crippen molar-refractivity contribution in [2.45, 2.75) is 198 Å². The van der Waals surface area contributed by atoms with E-state index in [2.05, 4.69) is 110 Å². The van der Waals surface area contributed by atoms with Crippen molar-refractivity contribution in [1.29, 1.82) is 0 Å². The highest BCUT2D eigenvalue weighted by molar-refractivity contribution is 5.69. The summed E-state index contributed by atoms with van der Waals surface area (Å²) in [4.78, 5) is 12.9. The molecule has 2 atom stereocenters. The number of aliphatic hydroxyl groups excluding tert-OH is 1. The fraction of sp³-hybridized carbons (Fsp3) is 0.891. The first-order valence-corrected chi connectivity index (χ1v) is 21.1. The van der Waals surface area contributed by atoms with E-state index in [1.54, 1.807) is 0 Å². The molecule has 2 rings (SSSR count). The molecule has 1 aliphatic carbocycles. The highest BCUT2D eigenvalue weighted by atomic mass is 16.7. The van der Waals surface area contributed by atoms with Crippen molar-refractivity contribution in [3.63, 3.8) is 0 Å². The number of carbonyl (C=O) groups excluding carboxylic acids is 1. The molecule has 53 heavy (non-hydrogen) atoms. The molecular weight excluding hydrogens is 664 g/mol. The molecule has 0 saturated carbocycles. The normalized spacial score (nSPS) is 25.6. The maximum atomic E-state index is 12.9. The molecule has 0 aromatic carbocycles. The summed E-state index contributed by atoms with van der Waals surface area (Å²) in [6.45, 7) is 37.6. The maximum absolute atomic E-state index is 12.9. The van der Waals surface area contributed by atoms with Gasteiger partial charge in [0.2, 0.25) is 0 Å². The maximum Gasteiger partial charge on any atom is 0.306 e. The molecule has 310 valence electrons. The first kappa shape index (κ1) is 47.7. The van der Waals surface area contributed by atoms with E-state index in [0.717, 1.165) is 57.1 Å². The van der Waals surface area contributed by atoms with Crippen molar-refractivity contribution in [1.82, 2.24) is 0 Å². The molecule has 2 aliphatic rings. The Labute approximate surface area is 326 Å². The van der Waals surface area contributed by atoms with Crippen molar-refractivity contribution in [2.75, 3.05) is 33.0 Å². The van der Waals surface area contributed by atoms with Gasteiger partial charge in [0.05, 0.1) is 44.9 Å². The molecular formula is C46H84O7. The summed E-state index contributed by atoms with van der Waals surface area (Å²) < 4.78 is 31.6. The third-order valence-corrected chi connectivity index (χ3v) is 12.0. The summed E-state index contributed by atoms with van der Waals surface area (Å²) in [6.07, 6.45) is 13.0. The Hall–Kier alpha value is -1.41. The Morgan fingerprint density at radius 2 is 1.58 bits per heavy atom. The van der Waals surface area contributed by atoms with E-state index >= 15 is 0 Å². The summed E-state index contributed by atoms with van der Waals surface area (Å²) in [5.41, 5.74) is 0.801. The van der Waals surface area contributed by atoms with Crippen LogP contribution in [0.4, 0.5) is 0 Å². The smallest absolute Gasteiger partial charge is 0.306 e. The van der Waals surface area contributed by atoms with Gasteiger partial charge in [-0.1, -0.05) is 134 Å². The van der Waals surface area contributed by atoms with Gasteiger partial charge in [-0.3, -0.25) is 4.79 Å². The molecule has 1 heterocycles. The van der Waals surface area contributed by atoms with Crippen molar-refractivity contribution in [2.24, 2.45) is 32.5 Å². The average Bonchev–Trinajstić information content (AvgIpc) is 3.12. The van der Waals surface area contributed by atoms with E-state index in [0.29, 0.717) is 51.1 Å². The monoisotopic (exact) mass is 749 g/mol. The second-order valence-corrected chi connectivity index (χ2v) is 20.9. The largest absolute Gasteiger partial charge is 0.498 e. The number of hydrogen-bond acceptors (Lipinski definition) is 7. The van der Waals surface area contributed by atoms with Gasteiger partial charge in [-0.05, 0) is 66.6 Å². The molecule has 1 aliphatic heterocycles. The molecule has 1 saturated heterocycles. The standard InChI is InChI=1S/C46H84O7/c1-16-25-50-35(4)43(12,13)31-46(30-40(5,6)7)51-33-45(15,34-52-46)32-49-29-37(47)23-22-36-26-41(8,9)27-38(28-42(36,10)11)53-39(48)21-19-20-24-44(14,17-2)18-3/h26,37-38,47H,4,16-25,27-34H2,1-3,5-15H3. The third-order valence-electron chi connectivity index (χ3n) is 12.0. The lowest BCUT2D eigenvalue weighted by Crippen LogP contribution is -2.53. The lowest BCUT2D eigenvalue weighted by Gasteiger charge is -2.49. The van der Waals surface area contributed by atoms with Crippen LogP contribution >= 0.6 is 0 Å². The number of ether oxygens (including phenoxy) is 5. The van der Waals surface area contributed by atoms with E-state index in [9.17, 15) is 9.90 Å². The fourth-order valence-corrected chi connectivity index (χ4v) is 8.14. The molecule has 7 heteroatoms. The summed E-state index contributed by atoms with van der Waals surface area (Å²) in [5, 5.41) is 11.1. The minimum Gasteiger partial charge on any atom is -0.498 e. The van der Waals surface area contributed by atoms with Crippen LogP contribution in [-0.4, -0.2) is 62.1 Å². The van der Waals surface area contributed by atoms with Crippen molar-refractivity contribution >= 4 is 5.97 Å². The zero-order chi connectivity index (χ0) is 40.4. The average molecular weight is 749 g/mol. The highest BCUT2D eigenvalue weighted by Gasteiger charge is 2.48. The van der Waals surface area contributed by atoms with Gasteiger partial charge in [0.25, 0.3) is 0 Å². The molecule has 0 bridgehead atoms. The fourth-order valence-electron chi connectivity index (χ4n) is 8.14. The van der Waals surface area contributed by atoms with Gasteiger partial charge in [0, 0.05) is 30.1 Å². The van der Waals surface area contributed by atoms with Crippen LogP contribution in [0.15, 0.2) is 24.0 Å². The summed E-state index contributed by atoms with van der Waals surface area (Å²) in [7, 11) is 0. The van der Waals surface area contributed by atoms with E-state index < -0.39 is 11.9 Å². The Bertz CT molecular complexity index is 1160. The molecule has 1 N–H and O–H groups in total. The topological polar surface area (TPSA) is 83.5 Å². The number of esters is 1. The zero-order valence-corrected chi connectivity index (χ0v) is 37.1. The molecule has 0 radical (unpaired) electrons. The van der Waals surface area contributed by atoms with Crippen LogP contribution in [0.1, 0.15) is 180 Å². The van der Waals surface area contributed by atoms with E-state index in [-0.39, 0.29) is 45.8 Å².